The van der Waals surface area contributed by atoms with E-state index in [2.05, 4.69) is 0 Å². The number of benzene rings is 2. The van der Waals surface area contributed by atoms with Gasteiger partial charge >= 0.3 is 0 Å². The molecule has 0 bridgehead atoms. The zero-order valence-electron chi connectivity index (χ0n) is 12.3. The molecule has 0 N–H and O–H groups in total. The summed E-state index contributed by atoms with van der Waals surface area (Å²) >= 11 is 0. The number of hydrogen-bond acceptors (Lipinski definition) is 4. The molecular weight excluding hydrogens is 294 g/mol. The predicted octanol–water partition coefficient (Wildman–Crippen LogP) is 3.25. The summed E-state index contributed by atoms with van der Waals surface area (Å²) in [5.74, 6) is -0.720. The van der Waals surface area contributed by atoms with Gasteiger partial charge in [0.05, 0.1) is 4.92 Å². The zero-order valence-corrected chi connectivity index (χ0v) is 12.3. The van der Waals surface area contributed by atoms with Crippen molar-refractivity contribution in [2.75, 3.05) is 0 Å². The highest BCUT2D eigenvalue weighted by Gasteiger charge is 2.36. The second-order valence-electron chi connectivity index (χ2n) is 5.99. The summed E-state index contributed by atoms with van der Waals surface area (Å²) in [5.41, 5.74) is 2.63. The molecule has 0 amide bonds. The highest BCUT2D eigenvalue weighted by atomic mass is 16.6. The molecule has 0 spiro atoms. The largest absolute Gasteiger partial charge is 0.289 e. The van der Waals surface area contributed by atoms with Crippen molar-refractivity contribution in [2.24, 2.45) is 0 Å². The number of nitrogens with zero attached hydrogens (tertiary/aromatic N) is 1. The fourth-order valence-electron chi connectivity index (χ4n) is 3.56. The number of hydrogen-bond donors (Lipinski definition) is 0. The molecule has 0 radical (unpaired) electrons. The number of fused-ring (bicyclic) bond motifs is 3. The molecule has 0 saturated carbocycles. The van der Waals surface area contributed by atoms with E-state index in [4.69, 9.17) is 0 Å². The Labute approximate surface area is 132 Å². The molecule has 2 aromatic rings. The summed E-state index contributed by atoms with van der Waals surface area (Å²) in [4.78, 5) is 36.2. The SMILES string of the molecule is O=C1c2cc3c(cc2C(=O)c2c1cccc2[N+](=O)[O-])CCCC3. The molecule has 0 saturated heterocycles. The minimum atomic E-state index is -0.604. The summed E-state index contributed by atoms with van der Waals surface area (Å²) < 4.78 is 0. The van der Waals surface area contributed by atoms with E-state index in [1.807, 2.05) is 6.07 Å². The van der Waals surface area contributed by atoms with Crippen LogP contribution in [0.25, 0.3) is 0 Å². The Balaban J connectivity index is 1.98. The third kappa shape index (κ3) is 1.93. The molecule has 2 aromatic carbocycles. The number of nitro benzene ring substituents is 1. The van der Waals surface area contributed by atoms with Crippen molar-refractivity contribution in [1.29, 1.82) is 0 Å². The van der Waals surface area contributed by atoms with Crippen molar-refractivity contribution in [1.82, 2.24) is 0 Å². The number of rotatable bonds is 1. The Morgan fingerprint density at radius 3 is 2.09 bits per heavy atom. The van der Waals surface area contributed by atoms with Gasteiger partial charge in [-0.2, -0.15) is 0 Å². The van der Waals surface area contributed by atoms with Crippen molar-refractivity contribution in [3.8, 4) is 0 Å². The topological polar surface area (TPSA) is 77.3 Å². The Hall–Kier alpha value is -2.82. The maximum Gasteiger partial charge on any atom is 0.281 e. The molecule has 2 aliphatic rings. The molecule has 0 atom stereocenters. The Kier molecular flexibility index (Phi) is 2.91. The lowest BCUT2D eigenvalue weighted by molar-refractivity contribution is -0.385. The van der Waals surface area contributed by atoms with Crippen molar-refractivity contribution >= 4 is 17.3 Å². The first-order valence-electron chi connectivity index (χ1n) is 7.60. The molecule has 0 aliphatic heterocycles. The minimum Gasteiger partial charge on any atom is -0.289 e. The van der Waals surface area contributed by atoms with Crippen LogP contribution in [0, 0.1) is 10.1 Å². The van der Waals surface area contributed by atoms with E-state index in [1.54, 1.807) is 6.07 Å². The number of carbonyl (C=O) groups is 2. The van der Waals surface area contributed by atoms with Gasteiger partial charge in [-0.15, -0.1) is 0 Å². The monoisotopic (exact) mass is 307 g/mol. The van der Waals surface area contributed by atoms with E-state index in [0.29, 0.717) is 11.1 Å². The van der Waals surface area contributed by atoms with E-state index in [0.717, 1.165) is 36.8 Å². The fourth-order valence-corrected chi connectivity index (χ4v) is 3.56. The average molecular weight is 307 g/mol. The molecule has 5 heteroatoms. The maximum atomic E-state index is 12.8. The summed E-state index contributed by atoms with van der Waals surface area (Å²) in [5, 5.41) is 11.2. The first-order chi connectivity index (χ1) is 11.1. The van der Waals surface area contributed by atoms with Crippen molar-refractivity contribution in [3.63, 3.8) is 0 Å². The zero-order chi connectivity index (χ0) is 16.1. The molecular formula is C18H13NO4. The second kappa shape index (κ2) is 4.84. The van der Waals surface area contributed by atoms with Crippen LogP contribution in [0.2, 0.25) is 0 Å². The summed E-state index contributed by atoms with van der Waals surface area (Å²) in [6.07, 6.45) is 3.93. The lowest BCUT2D eigenvalue weighted by Gasteiger charge is -2.22. The van der Waals surface area contributed by atoms with Crippen LogP contribution in [0.4, 0.5) is 5.69 Å². The Morgan fingerprint density at radius 2 is 1.48 bits per heavy atom. The van der Waals surface area contributed by atoms with Crippen LogP contribution < -0.4 is 0 Å². The van der Waals surface area contributed by atoms with Gasteiger partial charge in [0.15, 0.2) is 5.78 Å². The molecule has 0 fully saturated rings. The van der Waals surface area contributed by atoms with E-state index < -0.39 is 10.7 Å². The van der Waals surface area contributed by atoms with E-state index in [1.165, 1.54) is 18.2 Å². The molecule has 0 aromatic heterocycles. The van der Waals surface area contributed by atoms with Crippen LogP contribution in [0.3, 0.4) is 0 Å². The van der Waals surface area contributed by atoms with Crippen LogP contribution >= 0.6 is 0 Å². The fraction of sp³-hybridized carbons (Fsp3) is 0.222. The van der Waals surface area contributed by atoms with Gasteiger partial charge in [-0.05, 0) is 55.0 Å². The third-order valence-corrected chi connectivity index (χ3v) is 4.68. The number of ketones is 2. The Bertz CT molecular complexity index is 898. The quantitative estimate of drug-likeness (QED) is 0.511. The van der Waals surface area contributed by atoms with Crippen molar-refractivity contribution in [2.45, 2.75) is 25.7 Å². The molecule has 4 rings (SSSR count). The highest BCUT2D eigenvalue weighted by Crippen LogP contribution is 2.35. The standard InChI is InChI=1S/C18H13NO4/c20-17-12-6-3-7-15(19(22)23)16(12)18(21)14-9-11-5-2-1-4-10(11)8-13(14)17/h3,6-9H,1-2,4-5H2. The van der Waals surface area contributed by atoms with E-state index in [-0.39, 0.29) is 22.6 Å². The smallest absolute Gasteiger partial charge is 0.281 e. The number of carbonyl (C=O) groups excluding carboxylic acids is 2. The average Bonchev–Trinajstić information content (AvgIpc) is 2.57. The van der Waals surface area contributed by atoms with Gasteiger partial charge in [-0.1, -0.05) is 6.07 Å². The van der Waals surface area contributed by atoms with Gasteiger partial charge in [0, 0.05) is 22.8 Å². The molecule has 23 heavy (non-hydrogen) atoms. The van der Waals surface area contributed by atoms with Gasteiger partial charge in [0.2, 0.25) is 5.78 Å². The summed E-state index contributed by atoms with van der Waals surface area (Å²) in [6.45, 7) is 0. The van der Waals surface area contributed by atoms with Gasteiger partial charge in [0.25, 0.3) is 5.69 Å². The molecule has 0 unspecified atom stereocenters. The van der Waals surface area contributed by atoms with Crippen molar-refractivity contribution < 1.29 is 14.5 Å². The third-order valence-electron chi connectivity index (χ3n) is 4.68. The first-order valence-corrected chi connectivity index (χ1v) is 7.60. The van der Waals surface area contributed by atoms with Crippen molar-refractivity contribution in [3.05, 3.63) is 73.8 Å². The predicted molar refractivity (Wildman–Crippen MR) is 83.0 cm³/mol. The van der Waals surface area contributed by atoms with Gasteiger partial charge in [-0.3, -0.25) is 19.7 Å². The number of nitro groups is 1. The minimum absolute atomic E-state index is 0.0780. The van der Waals surface area contributed by atoms with Crippen LogP contribution in [-0.2, 0) is 12.8 Å². The van der Waals surface area contributed by atoms with Crippen LogP contribution in [0.5, 0.6) is 0 Å². The van der Waals surface area contributed by atoms with Crippen LogP contribution in [-0.4, -0.2) is 16.5 Å². The van der Waals surface area contributed by atoms with E-state index in [9.17, 15) is 19.7 Å². The summed E-state index contributed by atoms with van der Waals surface area (Å²) in [6, 6.07) is 7.79. The van der Waals surface area contributed by atoms with Crippen LogP contribution in [0.1, 0.15) is 55.8 Å². The molecule has 2 aliphatic carbocycles. The lowest BCUT2D eigenvalue weighted by atomic mass is 9.79. The molecule has 0 heterocycles. The lowest BCUT2D eigenvalue weighted by Crippen LogP contribution is -2.23. The van der Waals surface area contributed by atoms with Gasteiger partial charge in [-0.25, -0.2) is 0 Å². The van der Waals surface area contributed by atoms with E-state index >= 15 is 0 Å². The highest BCUT2D eigenvalue weighted by molar-refractivity contribution is 6.29. The van der Waals surface area contributed by atoms with Gasteiger partial charge in [0.1, 0.15) is 5.56 Å². The maximum absolute atomic E-state index is 12.8. The second-order valence-corrected chi connectivity index (χ2v) is 5.99. The molecule has 114 valence electrons. The Morgan fingerprint density at radius 1 is 0.870 bits per heavy atom. The normalized spacial score (nSPS) is 15.7. The van der Waals surface area contributed by atoms with Gasteiger partial charge < -0.3 is 0 Å². The van der Waals surface area contributed by atoms with Crippen LogP contribution in [0.15, 0.2) is 30.3 Å². The summed E-state index contributed by atoms with van der Waals surface area (Å²) in [7, 11) is 0. The molecule has 5 nitrogen and oxygen atoms in total. The number of aryl methyl sites for hydroxylation is 2. The first kappa shape index (κ1) is 13.8.